The summed E-state index contributed by atoms with van der Waals surface area (Å²) < 4.78 is 15.5. The van der Waals surface area contributed by atoms with Gasteiger partial charge in [0.25, 0.3) is 11.8 Å². The van der Waals surface area contributed by atoms with Gasteiger partial charge in [-0.15, -0.1) is 0 Å². The van der Waals surface area contributed by atoms with Gasteiger partial charge in [0.05, 0.1) is 17.5 Å². The smallest absolute Gasteiger partial charge is 0.257 e. The number of carbonyl (C=O) groups is 2. The fourth-order valence-corrected chi connectivity index (χ4v) is 3.53. The number of carbonyl (C=O) groups excluding carboxylic acids is 2. The molecule has 4 rings (SSSR count). The van der Waals surface area contributed by atoms with Crippen molar-refractivity contribution in [1.82, 2.24) is 19.6 Å². The van der Waals surface area contributed by atoms with Crippen LogP contribution in [0.1, 0.15) is 26.4 Å². The summed E-state index contributed by atoms with van der Waals surface area (Å²) >= 11 is 0. The number of hydrogen-bond acceptors (Lipinski definition) is 3. The van der Waals surface area contributed by atoms with Crippen LogP contribution < -0.4 is 0 Å². The van der Waals surface area contributed by atoms with E-state index >= 15 is 0 Å². The van der Waals surface area contributed by atoms with E-state index in [1.54, 1.807) is 47.1 Å². The van der Waals surface area contributed by atoms with E-state index in [1.165, 1.54) is 16.9 Å². The number of para-hydroxylation sites is 1. The Hall–Kier alpha value is -3.48. The van der Waals surface area contributed by atoms with Gasteiger partial charge in [0.2, 0.25) is 0 Å². The van der Waals surface area contributed by atoms with Crippen molar-refractivity contribution in [2.75, 3.05) is 26.2 Å². The summed E-state index contributed by atoms with van der Waals surface area (Å²) in [6.07, 6.45) is 1.48. The molecule has 0 atom stereocenters. The molecule has 3 aromatic rings. The first-order valence-electron chi connectivity index (χ1n) is 9.49. The molecule has 0 N–H and O–H groups in total. The minimum atomic E-state index is -0.397. The van der Waals surface area contributed by atoms with Crippen molar-refractivity contribution in [3.63, 3.8) is 0 Å². The van der Waals surface area contributed by atoms with Gasteiger partial charge in [0.15, 0.2) is 0 Å². The maximum atomic E-state index is 14.1. The first-order valence-corrected chi connectivity index (χ1v) is 9.49. The van der Waals surface area contributed by atoms with Gasteiger partial charge in [-0.05, 0) is 31.2 Å². The van der Waals surface area contributed by atoms with Gasteiger partial charge in [-0.2, -0.15) is 5.10 Å². The third-order valence-electron chi connectivity index (χ3n) is 5.20. The maximum absolute atomic E-state index is 14.1. The van der Waals surface area contributed by atoms with Gasteiger partial charge in [0, 0.05) is 31.7 Å². The number of amides is 2. The predicted molar refractivity (Wildman–Crippen MR) is 107 cm³/mol. The average molecular weight is 392 g/mol. The highest BCUT2D eigenvalue weighted by Crippen LogP contribution is 2.19. The van der Waals surface area contributed by atoms with Crippen LogP contribution in [0.3, 0.4) is 0 Å². The van der Waals surface area contributed by atoms with Crippen LogP contribution in [0.2, 0.25) is 0 Å². The standard InChI is InChI=1S/C22H21FN4O2/c1-16-18(15-24-27(16)20-10-6-5-9-19(20)23)22(29)26-13-11-25(12-14-26)21(28)17-7-3-2-4-8-17/h2-10,15H,11-14H2,1H3. The Morgan fingerprint density at radius 1 is 0.862 bits per heavy atom. The van der Waals surface area contributed by atoms with Crippen molar-refractivity contribution < 1.29 is 14.0 Å². The molecule has 2 aromatic carbocycles. The molecule has 0 aliphatic carbocycles. The molecule has 0 spiro atoms. The lowest BCUT2D eigenvalue weighted by molar-refractivity contribution is 0.0535. The minimum Gasteiger partial charge on any atom is -0.335 e. The van der Waals surface area contributed by atoms with E-state index in [1.807, 2.05) is 18.2 Å². The molecule has 148 valence electrons. The zero-order valence-corrected chi connectivity index (χ0v) is 16.1. The van der Waals surface area contributed by atoms with Crippen LogP contribution in [0.25, 0.3) is 5.69 Å². The Kier molecular flexibility index (Phi) is 5.12. The number of hydrogen-bond donors (Lipinski definition) is 0. The van der Waals surface area contributed by atoms with E-state index in [2.05, 4.69) is 5.10 Å². The Bertz CT molecular complexity index is 1040. The van der Waals surface area contributed by atoms with Crippen molar-refractivity contribution in [1.29, 1.82) is 0 Å². The summed E-state index contributed by atoms with van der Waals surface area (Å²) in [6, 6.07) is 15.5. The molecule has 0 radical (unpaired) electrons. The van der Waals surface area contributed by atoms with Crippen LogP contribution in [0.5, 0.6) is 0 Å². The Labute approximate surface area is 168 Å². The summed E-state index contributed by atoms with van der Waals surface area (Å²) in [5.41, 5.74) is 1.98. The maximum Gasteiger partial charge on any atom is 0.257 e. The zero-order valence-electron chi connectivity index (χ0n) is 16.1. The molecule has 1 aliphatic heterocycles. The normalized spacial score (nSPS) is 14.1. The molecule has 1 aromatic heterocycles. The van der Waals surface area contributed by atoms with Crippen LogP contribution in [-0.2, 0) is 0 Å². The molecule has 7 heteroatoms. The summed E-state index contributed by atoms with van der Waals surface area (Å²) in [6.45, 7) is 3.59. The van der Waals surface area contributed by atoms with Crippen LogP contribution in [0.15, 0.2) is 60.8 Å². The molecule has 0 unspecified atom stereocenters. The molecule has 6 nitrogen and oxygen atoms in total. The minimum absolute atomic E-state index is 0.0266. The van der Waals surface area contributed by atoms with E-state index in [4.69, 9.17) is 0 Å². The van der Waals surface area contributed by atoms with Crippen molar-refractivity contribution >= 4 is 11.8 Å². The second-order valence-electron chi connectivity index (χ2n) is 6.96. The molecule has 2 heterocycles. The molecule has 0 saturated carbocycles. The first-order chi connectivity index (χ1) is 14.1. The fraction of sp³-hybridized carbons (Fsp3) is 0.227. The first kappa shape index (κ1) is 18.9. The van der Waals surface area contributed by atoms with E-state index in [0.717, 1.165) is 0 Å². The number of benzene rings is 2. The fourth-order valence-electron chi connectivity index (χ4n) is 3.53. The van der Waals surface area contributed by atoms with Crippen LogP contribution in [0, 0.1) is 12.7 Å². The summed E-state index contributed by atoms with van der Waals surface area (Å²) in [5, 5.41) is 4.21. The van der Waals surface area contributed by atoms with E-state index in [0.29, 0.717) is 48.7 Å². The number of nitrogens with zero attached hydrogens (tertiary/aromatic N) is 4. The largest absolute Gasteiger partial charge is 0.335 e. The molecule has 1 fully saturated rings. The van der Waals surface area contributed by atoms with Crippen LogP contribution in [-0.4, -0.2) is 57.6 Å². The third kappa shape index (κ3) is 3.63. The molecule has 2 amide bonds. The van der Waals surface area contributed by atoms with Crippen LogP contribution >= 0.6 is 0 Å². The van der Waals surface area contributed by atoms with Gasteiger partial charge >= 0.3 is 0 Å². The molecule has 29 heavy (non-hydrogen) atoms. The van der Waals surface area contributed by atoms with Gasteiger partial charge in [-0.1, -0.05) is 30.3 Å². The highest BCUT2D eigenvalue weighted by atomic mass is 19.1. The summed E-state index contributed by atoms with van der Waals surface area (Å²) in [5.74, 6) is -0.580. The van der Waals surface area contributed by atoms with Gasteiger partial charge in [-0.25, -0.2) is 9.07 Å². The monoisotopic (exact) mass is 392 g/mol. The van der Waals surface area contributed by atoms with Crippen LogP contribution in [0.4, 0.5) is 4.39 Å². The Balaban J connectivity index is 1.45. The lowest BCUT2D eigenvalue weighted by Crippen LogP contribution is -2.50. The van der Waals surface area contributed by atoms with Gasteiger partial charge in [-0.3, -0.25) is 9.59 Å². The third-order valence-corrected chi connectivity index (χ3v) is 5.20. The molecular weight excluding hydrogens is 371 g/mol. The highest BCUT2D eigenvalue weighted by Gasteiger charge is 2.27. The van der Waals surface area contributed by atoms with E-state index in [-0.39, 0.29) is 11.8 Å². The van der Waals surface area contributed by atoms with Gasteiger partial charge in [0.1, 0.15) is 11.5 Å². The van der Waals surface area contributed by atoms with Crippen molar-refractivity contribution in [3.05, 3.63) is 83.4 Å². The number of rotatable bonds is 3. The summed E-state index contributed by atoms with van der Waals surface area (Å²) in [7, 11) is 0. The van der Waals surface area contributed by atoms with E-state index in [9.17, 15) is 14.0 Å². The lowest BCUT2D eigenvalue weighted by Gasteiger charge is -2.34. The molecular formula is C22H21FN4O2. The number of halogens is 1. The average Bonchev–Trinajstić information content (AvgIpc) is 3.15. The number of aromatic nitrogens is 2. The quantitative estimate of drug-likeness (QED) is 0.689. The van der Waals surface area contributed by atoms with Crippen molar-refractivity contribution in [2.24, 2.45) is 0 Å². The summed E-state index contributed by atoms with van der Waals surface area (Å²) in [4.78, 5) is 29.0. The molecule has 0 bridgehead atoms. The Morgan fingerprint density at radius 3 is 2.10 bits per heavy atom. The molecule has 1 aliphatic rings. The predicted octanol–water partition coefficient (Wildman–Crippen LogP) is 2.92. The lowest BCUT2D eigenvalue weighted by atomic mass is 10.1. The van der Waals surface area contributed by atoms with Gasteiger partial charge < -0.3 is 9.80 Å². The Morgan fingerprint density at radius 2 is 1.45 bits per heavy atom. The second kappa shape index (κ2) is 7.87. The molecule has 1 saturated heterocycles. The second-order valence-corrected chi connectivity index (χ2v) is 6.96. The number of piperazine rings is 1. The highest BCUT2D eigenvalue weighted by molar-refractivity contribution is 5.96. The zero-order chi connectivity index (χ0) is 20.4. The van der Waals surface area contributed by atoms with Crippen molar-refractivity contribution in [2.45, 2.75) is 6.92 Å². The van der Waals surface area contributed by atoms with Crippen molar-refractivity contribution in [3.8, 4) is 5.69 Å². The van der Waals surface area contributed by atoms with E-state index < -0.39 is 5.82 Å². The SMILES string of the molecule is Cc1c(C(=O)N2CCN(C(=O)c3ccccc3)CC2)cnn1-c1ccccc1F. The topological polar surface area (TPSA) is 58.4 Å².